The number of carbonyl (C=O) groups is 2. The zero-order valence-corrected chi connectivity index (χ0v) is 22.1. The Hall–Kier alpha value is -2.42. The molecule has 3 fully saturated rings. The van der Waals surface area contributed by atoms with Crippen molar-refractivity contribution in [2.45, 2.75) is 63.1 Å². The van der Waals surface area contributed by atoms with Gasteiger partial charge in [-0.3, -0.25) is 9.59 Å². The molecule has 2 N–H and O–H groups in total. The molecule has 1 saturated carbocycles. The third-order valence-electron chi connectivity index (χ3n) is 7.94. The second-order valence-electron chi connectivity index (χ2n) is 10.6. The van der Waals surface area contributed by atoms with Crippen LogP contribution in [0.15, 0.2) is 30.6 Å². The molecule has 0 radical (unpaired) electrons. The number of hydrogen-bond acceptors (Lipinski definition) is 6. The third kappa shape index (κ3) is 4.44. The minimum absolute atomic E-state index is 0. The fourth-order valence-corrected chi connectivity index (χ4v) is 6.23. The summed E-state index contributed by atoms with van der Waals surface area (Å²) >= 11 is 6.12. The average Bonchev–Trinajstić information content (AvgIpc) is 3.60. The molecule has 6 rings (SSSR count). The first-order valence-corrected chi connectivity index (χ1v) is 13.0. The van der Waals surface area contributed by atoms with E-state index < -0.39 is 0 Å². The molecule has 8 nitrogen and oxygen atoms in total. The Balaban J connectivity index is 0.00000267. The number of hydrogen-bond donors (Lipinski definition) is 2. The molecule has 192 valence electrons. The highest BCUT2D eigenvalue weighted by Crippen LogP contribution is 2.55. The van der Waals surface area contributed by atoms with Crippen molar-refractivity contribution in [1.29, 1.82) is 0 Å². The molecule has 0 spiro atoms. The van der Waals surface area contributed by atoms with Crippen LogP contribution in [0.4, 0.5) is 11.6 Å². The molecule has 2 aromatic rings. The lowest BCUT2D eigenvalue weighted by Gasteiger charge is -2.43. The Morgan fingerprint density at radius 3 is 2.50 bits per heavy atom. The Bertz CT molecular complexity index is 1150. The first-order valence-electron chi connectivity index (χ1n) is 12.6. The van der Waals surface area contributed by atoms with Gasteiger partial charge in [0, 0.05) is 60.2 Å². The van der Waals surface area contributed by atoms with Gasteiger partial charge in [0.2, 0.25) is 11.8 Å². The van der Waals surface area contributed by atoms with E-state index in [-0.39, 0.29) is 54.1 Å². The zero-order chi connectivity index (χ0) is 24.3. The van der Waals surface area contributed by atoms with Gasteiger partial charge in [-0.05, 0) is 37.0 Å². The van der Waals surface area contributed by atoms with Crippen molar-refractivity contribution >= 4 is 47.5 Å². The molecule has 2 saturated heterocycles. The van der Waals surface area contributed by atoms with E-state index in [1.165, 1.54) is 0 Å². The lowest BCUT2D eigenvalue weighted by Crippen LogP contribution is -2.58. The summed E-state index contributed by atoms with van der Waals surface area (Å²) in [6, 6.07) is 8.25. The zero-order valence-electron chi connectivity index (χ0n) is 20.5. The standard InChI is InChI=1S/C26H31ClN6O2.ClH/c1-14(2)28-10-21(15-3-5-16(27)6-4-15)26(35)33-17-7-8-18(33)12-32(11-17)24-22-19-9-20(19)25(34)31-23(22)29-13-30-24;/h3-6,13-14,17-21,28H,7-12H2,1-2H3,(H,29,30,31,34);1H/t17?,18?,19-,20+,21-;/m1./s1. The number of aromatic nitrogens is 2. The van der Waals surface area contributed by atoms with Crippen molar-refractivity contribution in [3.63, 3.8) is 0 Å². The van der Waals surface area contributed by atoms with Gasteiger partial charge in [-0.15, -0.1) is 12.4 Å². The highest BCUT2D eigenvalue weighted by atomic mass is 35.5. The SMILES string of the molecule is CC(C)NC[C@@H](C(=O)N1C2CCC1CN(c1ncnc3c1[C@@H]1C[C@@H]1C(=O)N3)C2)c1ccc(Cl)cc1.Cl. The van der Waals surface area contributed by atoms with E-state index in [1.807, 2.05) is 24.3 Å². The molecule has 4 heterocycles. The quantitative estimate of drug-likeness (QED) is 0.593. The van der Waals surface area contributed by atoms with Gasteiger partial charge >= 0.3 is 0 Å². The monoisotopic (exact) mass is 530 g/mol. The molecule has 2 amide bonds. The first kappa shape index (κ1) is 25.2. The number of amides is 2. The smallest absolute Gasteiger partial charge is 0.232 e. The van der Waals surface area contributed by atoms with Crippen molar-refractivity contribution < 1.29 is 9.59 Å². The van der Waals surface area contributed by atoms with Crippen LogP contribution in [0.1, 0.15) is 56.1 Å². The van der Waals surface area contributed by atoms with Gasteiger partial charge < -0.3 is 20.4 Å². The maximum absolute atomic E-state index is 14.0. The Morgan fingerprint density at radius 2 is 1.83 bits per heavy atom. The summed E-state index contributed by atoms with van der Waals surface area (Å²) in [6.45, 7) is 6.30. The molecule has 2 bridgehead atoms. The lowest BCUT2D eigenvalue weighted by atomic mass is 9.95. The average molecular weight is 531 g/mol. The number of halogens is 2. The highest BCUT2D eigenvalue weighted by Gasteiger charge is 2.52. The highest BCUT2D eigenvalue weighted by molar-refractivity contribution is 6.30. The van der Waals surface area contributed by atoms with Crippen LogP contribution in [0.5, 0.6) is 0 Å². The van der Waals surface area contributed by atoms with Crippen LogP contribution in [-0.4, -0.2) is 64.4 Å². The van der Waals surface area contributed by atoms with Gasteiger partial charge in [0.1, 0.15) is 18.0 Å². The molecule has 10 heteroatoms. The largest absolute Gasteiger partial charge is 0.352 e. The van der Waals surface area contributed by atoms with E-state index in [0.29, 0.717) is 23.4 Å². The van der Waals surface area contributed by atoms with E-state index in [9.17, 15) is 9.59 Å². The van der Waals surface area contributed by atoms with Crippen LogP contribution >= 0.6 is 24.0 Å². The molecule has 3 aliphatic heterocycles. The normalized spacial score (nSPS) is 26.6. The van der Waals surface area contributed by atoms with Crippen molar-refractivity contribution in [2.24, 2.45) is 5.92 Å². The molecule has 2 unspecified atom stereocenters. The number of fused-ring (bicyclic) bond motifs is 5. The van der Waals surface area contributed by atoms with Crippen LogP contribution in [0.2, 0.25) is 5.02 Å². The number of anilines is 2. The van der Waals surface area contributed by atoms with Gasteiger partial charge in [0.15, 0.2) is 0 Å². The summed E-state index contributed by atoms with van der Waals surface area (Å²) in [5.74, 6) is 1.88. The summed E-state index contributed by atoms with van der Waals surface area (Å²) in [5, 5.41) is 7.10. The van der Waals surface area contributed by atoms with Gasteiger partial charge in [-0.1, -0.05) is 37.6 Å². The predicted octanol–water partition coefficient (Wildman–Crippen LogP) is 3.57. The molecule has 1 aromatic heterocycles. The van der Waals surface area contributed by atoms with E-state index >= 15 is 0 Å². The second-order valence-corrected chi connectivity index (χ2v) is 11.0. The molecular weight excluding hydrogens is 499 g/mol. The van der Waals surface area contributed by atoms with Crippen LogP contribution in [0.3, 0.4) is 0 Å². The molecule has 1 aliphatic carbocycles. The fraction of sp³-hybridized carbons (Fsp3) is 0.538. The minimum Gasteiger partial charge on any atom is -0.352 e. The summed E-state index contributed by atoms with van der Waals surface area (Å²) in [7, 11) is 0. The predicted molar refractivity (Wildman–Crippen MR) is 142 cm³/mol. The maximum Gasteiger partial charge on any atom is 0.232 e. The third-order valence-corrected chi connectivity index (χ3v) is 8.19. The lowest BCUT2D eigenvalue weighted by molar-refractivity contribution is -0.136. The first-order chi connectivity index (χ1) is 16.9. The van der Waals surface area contributed by atoms with Gasteiger partial charge in [0.05, 0.1) is 5.92 Å². The Morgan fingerprint density at radius 1 is 1.14 bits per heavy atom. The fourth-order valence-electron chi connectivity index (χ4n) is 6.10. The van der Waals surface area contributed by atoms with Gasteiger partial charge in [0.25, 0.3) is 0 Å². The molecule has 1 aromatic carbocycles. The minimum atomic E-state index is -0.251. The molecular formula is C26H32Cl2N6O2. The van der Waals surface area contributed by atoms with Crippen molar-refractivity contribution in [1.82, 2.24) is 20.2 Å². The summed E-state index contributed by atoms with van der Waals surface area (Å²) in [4.78, 5) is 39.6. The van der Waals surface area contributed by atoms with Crippen LogP contribution in [0.25, 0.3) is 0 Å². The van der Waals surface area contributed by atoms with Crippen molar-refractivity contribution in [3.05, 3.63) is 46.7 Å². The summed E-state index contributed by atoms with van der Waals surface area (Å²) in [6.07, 6.45) is 4.41. The molecule has 36 heavy (non-hydrogen) atoms. The van der Waals surface area contributed by atoms with Crippen LogP contribution < -0.4 is 15.5 Å². The number of nitrogens with zero attached hydrogens (tertiary/aromatic N) is 4. The number of piperazine rings is 1. The number of nitrogens with one attached hydrogen (secondary N) is 2. The van der Waals surface area contributed by atoms with E-state index in [1.54, 1.807) is 6.33 Å². The van der Waals surface area contributed by atoms with E-state index in [2.05, 4.69) is 44.2 Å². The maximum atomic E-state index is 14.0. The number of carbonyl (C=O) groups excluding carboxylic acids is 2. The summed E-state index contributed by atoms with van der Waals surface area (Å²) < 4.78 is 0. The van der Waals surface area contributed by atoms with Gasteiger partial charge in [-0.25, -0.2) is 9.97 Å². The molecule has 5 atom stereocenters. The van der Waals surface area contributed by atoms with Crippen LogP contribution in [0, 0.1) is 5.92 Å². The topological polar surface area (TPSA) is 90.5 Å². The Kier molecular flexibility index (Phi) is 6.87. The van der Waals surface area contributed by atoms with Crippen molar-refractivity contribution in [3.8, 4) is 0 Å². The number of benzene rings is 1. The number of rotatable bonds is 6. The Labute approximate surface area is 222 Å². The molecule has 4 aliphatic rings. The van der Waals surface area contributed by atoms with Gasteiger partial charge in [-0.2, -0.15) is 0 Å². The van der Waals surface area contributed by atoms with E-state index in [4.69, 9.17) is 11.6 Å². The second kappa shape index (κ2) is 9.80. The van der Waals surface area contributed by atoms with E-state index in [0.717, 1.165) is 49.3 Å². The van der Waals surface area contributed by atoms with Crippen molar-refractivity contribution in [2.75, 3.05) is 29.9 Å². The van der Waals surface area contributed by atoms with Crippen LogP contribution in [-0.2, 0) is 9.59 Å². The summed E-state index contributed by atoms with van der Waals surface area (Å²) in [5.41, 5.74) is 2.08.